The zero-order valence-electron chi connectivity index (χ0n) is 26.2. The van der Waals surface area contributed by atoms with Gasteiger partial charge in [-0.2, -0.15) is 0 Å². The van der Waals surface area contributed by atoms with E-state index in [-0.39, 0.29) is 29.9 Å². The Morgan fingerprint density at radius 2 is 1.50 bits per heavy atom. The third-order valence-corrected chi connectivity index (χ3v) is 8.28. The number of hydrogen-bond donors (Lipinski definition) is 8. The lowest BCUT2D eigenvalue weighted by molar-refractivity contribution is -0.344. The van der Waals surface area contributed by atoms with Gasteiger partial charge in [-0.1, -0.05) is 18.2 Å². The van der Waals surface area contributed by atoms with Gasteiger partial charge in [0.15, 0.2) is 12.6 Å². The van der Waals surface area contributed by atoms with Crippen molar-refractivity contribution < 1.29 is 83.6 Å². The number of carbonyl (C=O) groups is 2. The van der Waals surface area contributed by atoms with Gasteiger partial charge >= 0.3 is 11.9 Å². The van der Waals surface area contributed by atoms with Crippen LogP contribution in [-0.4, -0.2) is 147 Å². The maximum Gasteiger partial charge on any atom is 0.337 e. The molecule has 2 saturated heterocycles. The van der Waals surface area contributed by atoms with E-state index in [0.29, 0.717) is 6.42 Å². The van der Waals surface area contributed by atoms with E-state index in [4.69, 9.17) is 33.2 Å². The van der Waals surface area contributed by atoms with E-state index in [1.807, 2.05) is 0 Å². The number of esters is 2. The van der Waals surface area contributed by atoms with E-state index >= 15 is 0 Å². The zero-order chi connectivity index (χ0) is 35.1. The fourth-order valence-corrected chi connectivity index (χ4v) is 5.48. The molecule has 1 aromatic carbocycles. The molecule has 0 aromatic heterocycles. The summed E-state index contributed by atoms with van der Waals surface area (Å²) >= 11 is 0. The lowest BCUT2D eigenvalue weighted by Crippen LogP contribution is -2.62. The molecule has 1 aromatic rings. The van der Waals surface area contributed by atoms with Crippen molar-refractivity contribution in [3.63, 3.8) is 0 Å². The van der Waals surface area contributed by atoms with Crippen LogP contribution in [0.1, 0.15) is 18.9 Å². The molecule has 0 amide bonds. The van der Waals surface area contributed by atoms with Gasteiger partial charge in [0.25, 0.3) is 0 Å². The van der Waals surface area contributed by atoms with Gasteiger partial charge in [0.2, 0.25) is 6.29 Å². The number of methoxy groups -OCH3 is 1. The molecule has 0 spiro atoms. The van der Waals surface area contributed by atoms with Crippen molar-refractivity contribution in [1.82, 2.24) is 0 Å². The average molecular weight is 687 g/mol. The largest absolute Gasteiger partial charge is 0.508 e. The highest BCUT2D eigenvalue weighted by Gasteiger charge is 2.49. The molecule has 3 aliphatic heterocycles. The minimum Gasteiger partial charge on any atom is -0.508 e. The first-order chi connectivity index (χ1) is 22.9. The summed E-state index contributed by atoms with van der Waals surface area (Å²) in [6.07, 6.45) is -15.1. The average Bonchev–Trinajstić information content (AvgIpc) is 3.08. The second-order valence-electron chi connectivity index (χ2n) is 11.4. The molecule has 3 aliphatic rings. The lowest BCUT2D eigenvalue weighted by atomic mass is 9.86. The van der Waals surface area contributed by atoms with Crippen molar-refractivity contribution in [2.75, 3.05) is 26.9 Å². The number of benzene rings is 1. The molecule has 8 N–H and O–H groups in total. The number of aliphatic hydroxyl groups excluding tert-OH is 7. The Hall–Kier alpha value is -3.20. The predicted molar refractivity (Wildman–Crippen MR) is 157 cm³/mol. The molecule has 0 bridgehead atoms. The van der Waals surface area contributed by atoms with Crippen LogP contribution in [0.3, 0.4) is 0 Å². The van der Waals surface area contributed by atoms with Gasteiger partial charge in [0, 0.05) is 17.9 Å². The van der Waals surface area contributed by atoms with Gasteiger partial charge in [-0.05, 0) is 24.6 Å². The second kappa shape index (κ2) is 17.0. The van der Waals surface area contributed by atoms with E-state index in [9.17, 15) is 50.4 Å². The topological polar surface area (TPSA) is 261 Å². The second-order valence-corrected chi connectivity index (χ2v) is 11.4. The predicted octanol–water partition coefficient (Wildman–Crippen LogP) is -2.52. The van der Waals surface area contributed by atoms with Crippen LogP contribution in [0.2, 0.25) is 0 Å². The molecule has 2 fully saturated rings. The van der Waals surface area contributed by atoms with Crippen molar-refractivity contribution in [3.8, 4) is 5.75 Å². The van der Waals surface area contributed by atoms with E-state index in [1.165, 1.54) is 18.2 Å². The normalized spacial score (nSPS) is 36.2. The zero-order valence-corrected chi connectivity index (χ0v) is 26.2. The van der Waals surface area contributed by atoms with Gasteiger partial charge in [-0.25, -0.2) is 4.79 Å². The molecule has 0 aliphatic carbocycles. The first kappa shape index (κ1) is 37.6. The Balaban J connectivity index is 1.42. The monoisotopic (exact) mass is 686 g/mol. The summed E-state index contributed by atoms with van der Waals surface area (Å²) < 4.78 is 38.1. The number of rotatable bonds is 12. The summed E-state index contributed by atoms with van der Waals surface area (Å²) in [5, 5.41) is 80.9. The molecule has 4 rings (SSSR count). The molecule has 0 radical (unpaired) electrons. The van der Waals surface area contributed by atoms with Crippen molar-refractivity contribution in [1.29, 1.82) is 0 Å². The summed E-state index contributed by atoms with van der Waals surface area (Å²) in [6, 6.07) is 6.38. The SMILES string of the molecule is CC=C1[C@H](O[C@H]2O[C@@H](CO[C@@H]3O[C@@H](CO)[C@@H](O)[C@@H](O)[C@H]3O)[C@@H](O)[C@@H](O)[C@@H]2O)OC=C(C(=O)OC)[C@H]1CC(=O)OCCc1ccc(O)cc1. The van der Waals surface area contributed by atoms with Crippen molar-refractivity contribution in [2.45, 2.75) is 87.5 Å². The van der Waals surface area contributed by atoms with Crippen molar-refractivity contribution in [3.05, 3.63) is 53.3 Å². The van der Waals surface area contributed by atoms with Crippen LogP contribution in [0.5, 0.6) is 5.75 Å². The lowest BCUT2D eigenvalue weighted by Gasteiger charge is -2.43. The van der Waals surface area contributed by atoms with Gasteiger partial charge < -0.3 is 74.0 Å². The molecule has 0 saturated carbocycles. The molecule has 268 valence electrons. The highest BCUT2D eigenvalue weighted by atomic mass is 16.8. The molecular weight excluding hydrogens is 644 g/mol. The Labute approximate surface area is 275 Å². The first-order valence-corrected chi connectivity index (χ1v) is 15.2. The van der Waals surface area contributed by atoms with E-state index < -0.39 is 98.8 Å². The summed E-state index contributed by atoms with van der Waals surface area (Å²) in [6.45, 7) is 0.324. The van der Waals surface area contributed by atoms with Crippen LogP contribution < -0.4 is 0 Å². The number of hydrogen-bond acceptors (Lipinski definition) is 17. The van der Waals surface area contributed by atoms with Crippen LogP contribution >= 0.6 is 0 Å². The molecular formula is C31H42O17. The molecule has 3 heterocycles. The Morgan fingerprint density at radius 1 is 0.875 bits per heavy atom. The van der Waals surface area contributed by atoms with Crippen LogP contribution in [0.25, 0.3) is 0 Å². The molecule has 17 nitrogen and oxygen atoms in total. The fraction of sp³-hybridized carbons (Fsp3) is 0.613. The van der Waals surface area contributed by atoms with Crippen LogP contribution in [0.15, 0.2) is 47.7 Å². The highest BCUT2D eigenvalue weighted by molar-refractivity contribution is 5.90. The maximum absolute atomic E-state index is 12.9. The fourth-order valence-electron chi connectivity index (χ4n) is 5.48. The molecule has 12 atom stereocenters. The van der Waals surface area contributed by atoms with Crippen LogP contribution in [-0.2, 0) is 49.2 Å². The third-order valence-electron chi connectivity index (χ3n) is 8.28. The van der Waals surface area contributed by atoms with E-state index in [2.05, 4.69) is 0 Å². The first-order valence-electron chi connectivity index (χ1n) is 15.2. The van der Waals surface area contributed by atoms with Crippen molar-refractivity contribution >= 4 is 11.9 Å². The Bertz CT molecular complexity index is 1280. The standard InChI is InChI=1S/C31H42O17/c1-3-16-17(10-21(34)43-9-8-14-4-6-15(33)7-5-14)18(28(41)42-2)12-44-29(16)48-31-27(40)25(38)23(36)20(47-31)13-45-30-26(39)24(37)22(35)19(11-32)46-30/h3-7,12,17,19-20,22-27,29-33,35-40H,8-11,13H2,1-2H3/t17-,19-,20-,22+,23+,24+,25+,26+,27-,29-,30+,31+/m0/s1. The van der Waals surface area contributed by atoms with Gasteiger partial charge in [-0.3, -0.25) is 4.79 Å². The molecule has 0 unspecified atom stereocenters. The Morgan fingerprint density at radius 3 is 2.12 bits per heavy atom. The summed E-state index contributed by atoms with van der Waals surface area (Å²) in [4.78, 5) is 25.5. The molecule has 48 heavy (non-hydrogen) atoms. The minimum absolute atomic E-state index is 0.0180. The minimum atomic E-state index is -1.83. The number of carbonyl (C=O) groups excluding carboxylic acids is 2. The smallest absolute Gasteiger partial charge is 0.337 e. The van der Waals surface area contributed by atoms with Crippen LogP contribution in [0, 0.1) is 5.92 Å². The number of ether oxygens (including phenoxy) is 7. The Kier molecular flexibility index (Phi) is 13.3. The van der Waals surface area contributed by atoms with Gasteiger partial charge in [0.1, 0.15) is 54.6 Å². The summed E-state index contributed by atoms with van der Waals surface area (Å²) in [7, 11) is 1.15. The maximum atomic E-state index is 12.9. The van der Waals surface area contributed by atoms with E-state index in [1.54, 1.807) is 19.1 Å². The highest BCUT2D eigenvalue weighted by Crippen LogP contribution is 2.36. The van der Waals surface area contributed by atoms with Crippen LogP contribution in [0.4, 0.5) is 0 Å². The quantitative estimate of drug-likeness (QED) is 0.0834. The number of allylic oxidation sites excluding steroid dienone is 1. The third kappa shape index (κ3) is 8.68. The van der Waals surface area contributed by atoms with E-state index in [0.717, 1.165) is 18.9 Å². The summed E-state index contributed by atoms with van der Waals surface area (Å²) in [5.41, 5.74) is 1.05. The molecule has 17 heteroatoms. The number of aliphatic hydroxyl groups is 7. The van der Waals surface area contributed by atoms with Gasteiger partial charge in [0.05, 0.1) is 45.2 Å². The number of phenolic OH excluding ortho intramolecular Hbond substituents is 1. The summed E-state index contributed by atoms with van der Waals surface area (Å²) in [5.74, 6) is -2.30. The van der Waals surface area contributed by atoms with Crippen molar-refractivity contribution in [2.24, 2.45) is 5.92 Å². The van der Waals surface area contributed by atoms with Gasteiger partial charge in [-0.15, -0.1) is 0 Å². The number of aromatic hydroxyl groups is 1. The number of phenols is 1.